The Morgan fingerprint density at radius 1 is 1.13 bits per heavy atom. The number of amides is 2. The first-order chi connectivity index (χ1) is 18.2. The van der Waals surface area contributed by atoms with Crippen molar-refractivity contribution >= 4 is 29.8 Å². The number of ether oxygens (including phenoxy) is 2. The molecular formula is C27H34N6O4S. The van der Waals surface area contributed by atoms with Gasteiger partial charge in [0, 0.05) is 31.7 Å². The number of benzene rings is 1. The summed E-state index contributed by atoms with van der Waals surface area (Å²) in [7, 11) is 0. The lowest BCUT2D eigenvalue weighted by Gasteiger charge is -2.41. The average molecular weight is 539 g/mol. The number of nitriles is 1. The minimum atomic E-state index is -0.573. The quantitative estimate of drug-likeness (QED) is 0.408. The highest BCUT2D eigenvalue weighted by atomic mass is 32.2. The maximum atomic E-state index is 12.9. The van der Waals surface area contributed by atoms with Gasteiger partial charge in [-0.05, 0) is 39.0 Å². The molecule has 0 bridgehead atoms. The van der Waals surface area contributed by atoms with Crippen molar-refractivity contribution in [3.63, 3.8) is 0 Å². The first-order valence-corrected chi connectivity index (χ1v) is 13.9. The van der Waals surface area contributed by atoms with Gasteiger partial charge in [0.2, 0.25) is 0 Å². The number of anilines is 1. The minimum absolute atomic E-state index is 0.184. The van der Waals surface area contributed by atoms with E-state index in [1.54, 1.807) is 9.80 Å². The summed E-state index contributed by atoms with van der Waals surface area (Å²) in [6, 6.07) is 11.4. The van der Waals surface area contributed by atoms with Gasteiger partial charge in [-0.2, -0.15) is 5.26 Å². The summed E-state index contributed by atoms with van der Waals surface area (Å²) >= 11 is 1.44. The van der Waals surface area contributed by atoms with E-state index in [9.17, 15) is 14.9 Å². The summed E-state index contributed by atoms with van der Waals surface area (Å²) < 4.78 is 11.1. The largest absolute Gasteiger partial charge is 0.445 e. The molecule has 2 aliphatic heterocycles. The Kier molecular flexibility index (Phi) is 8.62. The lowest BCUT2D eigenvalue weighted by molar-refractivity contribution is 0.0220. The maximum Gasteiger partial charge on any atom is 0.410 e. The van der Waals surface area contributed by atoms with Crippen LogP contribution < -0.4 is 4.90 Å². The van der Waals surface area contributed by atoms with Crippen molar-refractivity contribution in [1.82, 2.24) is 19.8 Å². The molecule has 2 aromatic rings. The van der Waals surface area contributed by atoms with Crippen LogP contribution in [-0.4, -0.2) is 76.0 Å². The Bertz CT molecular complexity index is 1200. The summed E-state index contributed by atoms with van der Waals surface area (Å²) in [4.78, 5) is 40.6. The lowest BCUT2D eigenvalue weighted by atomic mass is 10.0. The molecule has 202 valence electrons. The fourth-order valence-electron chi connectivity index (χ4n) is 4.59. The zero-order chi connectivity index (χ0) is 27.3. The molecule has 1 aromatic heterocycles. The van der Waals surface area contributed by atoms with Crippen molar-refractivity contribution in [1.29, 1.82) is 5.26 Å². The lowest BCUT2D eigenvalue weighted by Crippen LogP contribution is -2.56. The number of rotatable bonds is 5. The van der Waals surface area contributed by atoms with Crippen LogP contribution in [0.2, 0.25) is 0 Å². The van der Waals surface area contributed by atoms with Crippen LogP contribution in [0.25, 0.3) is 0 Å². The van der Waals surface area contributed by atoms with Gasteiger partial charge < -0.3 is 24.2 Å². The summed E-state index contributed by atoms with van der Waals surface area (Å²) in [5.41, 5.74) is 2.14. The van der Waals surface area contributed by atoms with Crippen LogP contribution in [0.4, 0.5) is 15.4 Å². The predicted molar refractivity (Wildman–Crippen MR) is 144 cm³/mol. The third-order valence-electron chi connectivity index (χ3n) is 6.41. The molecule has 0 spiro atoms. The molecule has 0 radical (unpaired) electrons. The number of hydrogen-bond acceptors (Lipinski definition) is 9. The molecule has 38 heavy (non-hydrogen) atoms. The number of nitrogens with zero attached hydrogens (tertiary/aromatic N) is 6. The maximum absolute atomic E-state index is 12.9. The summed E-state index contributed by atoms with van der Waals surface area (Å²) in [5.74, 6) is 0.809. The molecule has 4 rings (SSSR count). The van der Waals surface area contributed by atoms with E-state index in [0.717, 1.165) is 22.6 Å². The van der Waals surface area contributed by atoms with Crippen LogP contribution >= 0.6 is 11.8 Å². The number of hydrogen-bond donors (Lipinski definition) is 0. The Labute approximate surface area is 227 Å². The van der Waals surface area contributed by atoms with Crippen molar-refractivity contribution in [3.05, 3.63) is 47.2 Å². The van der Waals surface area contributed by atoms with E-state index in [2.05, 4.69) is 11.0 Å². The van der Waals surface area contributed by atoms with E-state index in [0.29, 0.717) is 44.3 Å². The first-order valence-electron chi connectivity index (χ1n) is 12.7. The number of fused-ring (bicyclic) bond motifs is 1. The number of piperazine rings is 1. The van der Waals surface area contributed by atoms with E-state index >= 15 is 0 Å². The SMILES string of the molecule is CSc1nc2c(c(N3CCN(C(=O)OCc4ccccc4)C(CC#N)C3)n1)CCN(C(=O)OC(C)(C)C)C2. The van der Waals surface area contributed by atoms with E-state index in [1.807, 2.05) is 57.4 Å². The van der Waals surface area contributed by atoms with Gasteiger partial charge in [-0.1, -0.05) is 42.1 Å². The van der Waals surface area contributed by atoms with Crippen LogP contribution in [0.5, 0.6) is 0 Å². The Morgan fingerprint density at radius 2 is 1.89 bits per heavy atom. The van der Waals surface area contributed by atoms with Crippen LogP contribution in [0.1, 0.15) is 44.0 Å². The molecule has 10 nitrogen and oxygen atoms in total. The molecule has 1 atom stereocenters. The molecule has 0 N–H and O–H groups in total. The molecule has 1 aromatic carbocycles. The highest BCUT2D eigenvalue weighted by Crippen LogP contribution is 2.31. The molecule has 2 amide bonds. The predicted octanol–water partition coefficient (Wildman–Crippen LogP) is 4.23. The first kappa shape index (κ1) is 27.5. The Hall–Kier alpha value is -3.52. The van der Waals surface area contributed by atoms with Gasteiger partial charge in [0.05, 0.1) is 30.8 Å². The molecule has 1 saturated heterocycles. The second kappa shape index (κ2) is 11.9. The third kappa shape index (κ3) is 6.67. The van der Waals surface area contributed by atoms with E-state index in [4.69, 9.17) is 19.4 Å². The monoisotopic (exact) mass is 538 g/mol. The fraction of sp³-hybridized carbons (Fsp3) is 0.519. The number of carbonyl (C=O) groups is 2. The number of carbonyl (C=O) groups excluding carboxylic acids is 2. The smallest absolute Gasteiger partial charge is 0.410 e. The molecule has 11 heteroatoms. The van der Waals surface area contributed by atoms with Crippen molar-refractivity contribution in [2.45, 2.75) is 63.6 Å². The molecule has 1 unspecified atom stereocenters. The fourth-order valence-corrected chi connectivity index (χ4v) is 4.97. The van der Waals surface area contributed by atoms with Gasteiger partial charge in [-0.15, -0.1) is 0 Å². The van der Waals surface area contributed by atoms with Crippen LogP contribution in [0.3, 0.4) is 0 Å². The molecule has 3 heterocycles. The number of thioether (sulfide) groups is 1. The van der Waals surface area contributed by atoms with Crippen molar-refractivity contribution in [2.75, 3.05) is 37.3 Å². The van der Waals surface area contributed by atoms with E-state index in [1.165, 1.54) is 11.8 Å². The Morgan fingerprint density at radius 3 is 2.58 bits per heavy atom. The third-order valence-corrected chi connectivity index (χ3v) is 6.95. The summed E-state index contributed by atoms with van der Waals surface area (Å²) in [6.45, 7) is 8.01. The highest BCUT2D eigenvalue weighted by Gasteiger charge is 2.35. The van der Waals surface area contributed by atoms with E-state index in [-0.39, 0.29) is 25.2 Å². The van der Waals surface area contributed by atoms with E-state index < -0.39 is 11.7 Å². The van der Waals surface area contributed by atoms with Gasteiger partial charge in [0.25, 0.3) is 0 Å². The van der Waals surface area contributed by atoms with Crippen LogP contribution in [0.15, 0.2) is 35.5 Å². The molecule has 0 saturated carbocycles. The van der Waals surface area contributed by atoms with Gasteiger partial charge >= 0.3 is 12.2 Å². The molecule has 0 aliphatic carbocycles. The van der Waals surface area contributed by atoms with Crippen LogP contribution in [0, 0.1) is 11.3 Å². The topological polar surface area (TPSA) is 112 Å². The summed E-state index contributed by atoms with van der Waals surface area (Å²) in [5, 5.41) is 10.1. The average Bonchev–Trinajstić information content (AvgIpc) is 2.90. The van der Waals surface area contributed by atoms with Gasteiger partial charge in [0.1, 0.15) is 18.0 Å². The normalized spacial score (nSPS) is 17.4. The Balaban J connectivity index is 1.50. The molecule has 2 aliphatic rings. The minimum Gasteiger partial charge on any atom is -0.445 e. The van der Waals surface area contributed by atoms with Gasteiger partial charge in [-0.3, -0.25) is 0 Å². The van der Waals surface area contributed by atoms with Gasteiger partial charge in [-0.25, -0.2) is 19.6 Å². The second-order valence-corrected chi connectivity index (χ2v) is 11.1. The highest BCUT2D eigenvalue weighted by molar-refractivity contribution is 7.98. The van der Waals surface area contributed by atoms with Crippen molar-refractivity contribution < 1.29 is 19.1 Å². The zero-order valence-electron chi connectivity index (χ0n) is 22.3. The van der Waals surface area contributed by atoms with Crippen LogP contribution in [-0.2, 0) is 29.0 Å². The molecular weight excluding hydrogens is 504 g/mol. The van der Waals surface area contributed by atoms with Gasteiger partial charge in [0.15, 0.2) is 5.16 Å². The summed E-state index contributed by atoms with van der Waals surface area (Å²) in [6.07, 6.45) is 1.92. The van der Waals surface area contributed by atoms with Crippen molar-refractivity contribution in [2.24, 2.45) is 0 Å². The number of aromatic nitrogens is 2. The zero-order valence-corrected chi connectivity index (χ0v) is 23.2. The molecule has 1 fully saturated rings. The second-order valence-electron chi connectivity index (χ2n) is 10.3. The van der Waals surface area contributed by atoms with Crippen molar-refractivity contribution in [3.8, 4) is 6.07 Å². The standard InChI is InChI=1S/C27H34N6O4S/c1-27(2,3)37-25(34)32-13-11-21-22(17-32)29-24(38-4)30-23(21)31-14-15-33(20(16-31)10-12-28)26(35)36-18-19-8-6-5-7-9-19/h5-9,20H,10-11,13-18H2,1-4H3.